The van der Waals surface area contributed by atoms with Gasteiger partial charge in [0.2, 0.25) is 5.91 Å². The van der Waals surface area contributed by atoms with Crippen molar-refractivity contribution in [2.24, 2.45) is 5.92 Å². The maximum atomic E-state index is 12.2. The maximum Gasteiger partial charge on any atom is 0.279 e. The smallest absolute Gasteiger partial charge is 0.279 e. The van der Waals surface area contributed by atoms with Crippen molar-refractivity contribution in [3.63, 3.8) is 0 Å². The van der Waals surface area contributed by atoms with Gasteiger partial charge in [0.1, 0.15) is 0 Å². The highest BCUT2D eigenvalue weighted by Crippen LogP contribution is 2.21. The predicted molar refractivity (Wildman–Crippen MR) is 76.8 cm³/mol. The maximum absolute atomic E-state index is 12.2. The monoisotopic (exact) mass is 292 g/mol. The lowest BCUT2D eigenvalue weighted by Crippen LogP contribution is -2.41. The Morgan fingerprint density at radius 1 is 1.38 bits per heavy atom. The number of nitrogens with zero attached hydrogens (tertiary/aromatic N) is 3. The predicted octanol–water partition coefficient (Wildman–Crippen LogP) is 0.100. The van der Waals surface area contributed by atoms with Crippen LogP contribution in [0.1, 0.15) is 29.8 Å². The second-order valence-corrected chi connectivity index (χ2v) is 5.49. The summed E-state index contributed by atoms with van der Waals surface area (Å²) in [6, 6.07) is 0. The van der Waals surface area contributed by atoms with E-state index in [1.165, 1.54) is 12.4 Å². The van der Waals surface area contributed by atoms with Crippen LogP contribution < -0.4 is 5.56 Å². The summed E-state index contributed by atoms with van der Waals surface area (Å²) < 4.78 is 0. The van der Waals surface area contributed by atoms with Crippen LogP contribution in [0.2, 0.25) is 0 Å². The number of likely N-dealkylation sites (tertiary alicyclic amines) is 1. The minimum atomic E-state index is -0.465. The Morgan fingerprint density at radius 3 is 2.62 bits per heavy atom. The number of nitrogens with one attached hydrogen (secondary N) is 1. The van der Waals surface area contributed by atoms with E-state index in [2.05, 4.69) is 9.97 Å². The van der Waals surface area contributed by atoms with Crippen molar-refractivity contribution in [2.45, 2.75) is 19.3 Å². The number of piperidine rings is 1. The van der Waals surface area contributed by atoms with Gasteiger partial charge in [-0.1, -0.05) is 0 Å². The lowest BCUT2D eigenvalue weighted by Gasteiger charge is -2.31. The molecular formula is C14H20N4O3. The molecule has 0 saturated carbocycles. The third-order valence-electron chi connectivity index (χ3n) is 3.77. The lowest BCUT2D eigenvalue weighted by molar-refractivity contribution is -0.129. The van der Waals surface area contributed by atoms with Crippen LogP contribution in [0, 0.1) is 5.92 Å². The highest BCUT2D eigenvalue weighted by molar-refractivity contribution is 5.91. The number of amides is 2. The van der Waals surface area contributed by atoms with Crippen molar-refractivity contribution in [1.29, 1.82) is 0 Å². The molecule has 2 heterocycles. The molecule has 7 heteroatoms. The van der Waals surface area contributed by atoms with Gasteiger partial charge >= 0.3 is 0 Å². The molecule has 0 aromatic carbocycles. The van der Waals surface area contributed by atoms with Crippen LogP contribution in [-0.2, 0) is 4.79 Å². The number of H-pyrrole nitrogens is 1. The number of aromatic amines is 1. The standard InChI is InChI=1S/C14H20N4O3/c1-17(2)11(19)9-10-3-7-18(8-4-10)14(21)12-13(20)16-6-5-15-12/h5-6,10H,3-4,7-9H2,1-2H3,(H,16,20). The summed E-state index contributed by atoms with van der Waals surface area (Å²) in [6.45, 7) is 1.11. The van der Waals surface area contributed by atoms with E-state index in [0.717, 1.165) is 12.8 Å². The molecule has 1 N–H and O–H groups in total. The molecule has 2 amide bonds. The first-order valence-electron chi connectivity index (χ1n) is 7.02. The summed E-state index contributed by atoms with van der Waals surface area (Å²) >= 11 is 0. The molecule has 1 saturated heterocycles. The van der Waals surface area contributed by atoms with Crippen molar-refractivity contribution in [3.8, 4) is 0 Å². The van der Waals surface area contributed by atoms with E-state index in [1.807, 2.05) is 0 Å². The van der Waals surface area contributed by atoms with Crippen LogP contribution in [0.5, 0.6) is 0 Å². The first-order chi connectivity index (χ1) is 9.99. The van der Waals surface area contributed by atoms with Crippen molar-refractivity contribution >= 4 is 11.8 Å². The molecule has 1 aromatic heterocycles. The Balaban J connectivity index is 1.92. The van der Waals surface area contributed by atoms with Crippen molar-refractivity contribution in [3.05, 3.63) is 28.4 Å². The average Bonchev–Trinajstić information content (AvgIpc) is 2.47. The van der Waals surface area contributed by atoms with Gasteiger partial charge in [-0.15, -0.1) is 0 Å². The molecule has 1 aliphatic rings. The van der Waals surface area contributed by atoms with E-state index in [0.29, 0.717) is 25.4 Å². The van der Waals surface area contributed by atoms with E-state index in [9.17, 15) is 14.4 Å². The highest BCUT2D eigenvalue weighted by Gasteiger charge is 2.27. The molecule has 0 radical (unpaired) electrons. The second kappa shape index (κ2) is 6.51. The summed E-state index contributed by atoms with van der Waals surface area (Å²) in [6.07, 6.45) is 4.86. The summed E-state index contributed by atoms with van der Waals surface area (Å²) in [7, 11) is 3.49. The van der Waals surface area contributed by atoms with Gasteiger partial charge in [-0.25, -0.2) is 4.98 Å². The van der Waals surface area contributed by atoms with Crippen LogP contribution >= 0.6 is 0 Å². The van der Waals surface area contributed by atoms with Crippen molar-refractivity contribution in [1.82, 2.24) is 19.8 Å². The number of carbonyl (C=O) groups is 2. The highest BCUT2D eigenvalue weighted by atomic mass is 16.2. The van der Waals surface area contributed by atoms with Gasteiger partial charge in [-0.3, -0.25) is 14.4 Å². The zero-order valence-electron chi connectivity index (χ0n) is 12.3. The fourth-order valence-corrected chi connectivity index (χ4v) is 2.42. The van der Waals surface area contributed by atoms with Gasteiger partial charge in [-0.05, 0) is 18.8 Å². The number of hydrogen-bond donors (Lipinski definition) is 1. The van der Waals surface area contributed by atoms with Crippen LogP contribution in [-0.4, -0.2) is 58.8 Å². The molecule has 114 valence electrons. The van der Waals surface area contributed by atoms with E-state index in [1.54, 1.807) is 23.9 Å². The SMILES string of the molecule is CN(C)C(=O)CC1CCN(C(=O)c2ncc[nH]c2=O)CC1. The van der Waals surface area contributed by atoms with E-state index < -0.39 is 5.56 Å². The van der Waals surface area contributed by atoms with Gasteiger partial charge in [0.25, 0.3) is 11.5 Å². The lowest BCUT2D eigenvalue weighted by atomic mass is 9.93. The molecule has 7 nitrogen and oxygen atoms in total. The van der Waals surface area contributed by atoms with E-state index in [-0.39, 0.29) is 17.5 Å². The van der Waals surface area contributed by atoms with Crippen molar-refractivity contribution in [2.75, 3.05) is 27.2 Å². The van der Waals surface area contributed by atoms with Crippen LogP contribution in [0.15, 0.2) is 17.2 Å². The number of rotatable bonds is 3. The molecule has 1 aliphatic heterocycles. The zero-order chi connectivity index (χ0) is 15.4. The first-order valence-corrected chi connectivity index (χ1v) is 7.02. The molecule has 0 atom stereocenters. The summed E-state index contributed by atoms with van der Waals surface area (Å²) in [5.74, 6) is 0.0705. The third-order valence-corrected chi connectivity index (χ3v) is 3.77. The zero-order valence-corrected chi connectivity index (χ0v) is 12.3. The Labute approximate surface area is 123 Å². The number of aromatic nitrogens is 2. The van der Waals surface area contributed by atoms with Gasteiger partial charge < -0.3 is 14.8 Å². The summed E-state index contributed by atoms with van der Waals surface area (Å²) in [4.78, 5) is 45.0. The summed E-state index contributed by atoms with van der Waals surface area (Å²) in [5.41, 5.74) is -0.535. The first kappa shape index (κ1) is 15.2. The fourth-order valence-electron chi connectivity index (χ4n) is 2.42. The molecule has 0 unspecified atom stereocenters. The van der Waals surface area contributed by atoms with E-state index >= 15 is 0 Å². The van der Waals surface area contributed by atoms with Gasteiger partial charge in [0.05, 0.1) is 0 Å². The molecule has 1 aromatic rings. The number of carbonyl (C=O) groups excluding carboxylic acids is 2. The molecule has 2 rings (SSSR count). The minimum absolute atomic E-state index is 0.0692. The van der Waals surface area contributed by atoms with Gasteiger partial charge in [0, 0.05) is 46.0 Å². The van der Waals surface area contributed by atoms with E-state index in [4.69, 9.17) is 0 Å². The van der Waals surface area contributed by atoms with Crippen LogP contribution in [0.4, 0.5) is 0 Å². The molecule has 0 spiro atoms. The molecule has 21 heavy (non-hydrogen) atoms. The Bertz CT molecular complexity index is 574. The second-order valence-electron chi connectivity index (χ2n) is 5.49. The topological polar surface area (TPSA) is 86.4 Å². The molecule has 1 fully saturated rings. The quantitative estimate of drug-likeness (QED) is 0.856. The molecule has 0 bridgehead atoms. The molecular weight excluding hydrogens is 272 g/mol. The number of hydrogen-bond acceptors (Lipinski definition) is 4. The van der Waals surface area contributed by atoms with Crippen molar-refractivity contribution < 1.29 is 9.59 Å². The molecule has 0 aliphatic carbocycles. The fraction of sp³-hybridized carbons (Fsp3) is 0.571. The van der Waals surface area contributed by atoms with Crippen LogP contribution in [0.25, 0.3) is 0 Å². The normalized spacial score (nSPS) is 15.8. The minimum Gasteiger partial charge on any atom is -0.349 e. The van der Waals surface area contributed by atoms with Gasteiger partial charge in [-0.2, -0.15) is 0 Å². The Kier molecular flexibility index (Phi) is 4.72. The van der Waals surface area contributed by atoms with Gasteiger partial charge in [0.15, 0.2) is 5.69 Å². The van der Waals surface area contributed by atoms with Crippen LogP contribution in [0.3, 0.4) is 0 Å². The largest absolute Gasteiger partial charge is 0.349 e. The average molecular weight is 292 g/mol. The Hall–Kier alpha value is -2.18. The third kappa shape index (κ3) is 3.68. The summed E-state index contributed by atoms with van der Waals surface area (Å²) in [5, 5.41) is 0. The Morgan fingerprint density at radius 2 is 2.05 bits per heavy atom.